The summed E-state index contributed by atoms with van der Waals surface area (Å²) in [6, 6.07) is 8.94. The van der Waals surface area contributed by atoms with Crippen LogP contribution in [0.4, 0.5) is 0 Å². The number of unbranched alkanes of at least 4 members (excludes halogenated alkanes) is 1. The number of ether oxygens (including phenoxy) is 1. The molecule has 0 saturated heterocycles. The Kier molecular flexibility index (Phi) is 8.85. The highest BCUT2D eigenvalue weighted by molar-refractivity contribution is 8.14. The second-order valence-electron chi connectivity index (χ2n) is 7.01. The van der Waals surface area contributed by atoms with E-state index in [1.54, 1.807) is 6.92 Å². The first-order chi connectivity index (χ1) is 13.0. The smallest absolute Gasteiger partial charge is 0.328 e. The van der Waals surface area contributed by atoms with Gasteiger partial charge in [-0.3, -0.25) is 9.59 Å². The molecule has 0 spiro atoms. The van der Waals surface area contributed by atoms with Crippen molar-refractivity contribution in [3.8, 4) is 0 Å². The molecule has 1 aromatic rings. The molecule has 1 saturated carbocycles. The quantitative estimate of drug-likeness (QED) is 0.515. The van der Waals surface area contributed by atoms with E-state index in [9.17, 15) is 14.4 Å². The molecule has 1 fully saturated rings. The van der Waals surface area contributed by atoms with Crippen LogP contribution in [0.15, 0.2) is 30.3 Å². The molecule has 27 heavy (non-hydrogen) atoms. The molecule has 0 aliphatic heterocycles. The summed E-state index contributed by atoms with van der Waals surface area (Å²) in [5, 5.41) is 3.18. The van der Waals surface area contributed by atoms with Crippen molar-refractivity contribution in [1.82, 2.24) is 5.32 Å². The SMILES string of the molecule is CCCCOC(=O)[C@H](Cc1ccccc1)NC(=O)C1CCC(SC(C)=O)C1. The first-order valence-electron chi connectivity index (χ1n) is 9.67. The number of carbonyl (C=O) groups excluding carboxylic acids is 3. The van der Waals surface area contributed by atoms with E-state index in [0.29, 0.717) is 19.4 Å². The van der Waals surface area contributed by atoms with Gasteiger partial charge in [0.15, 0.2) is 5.12 Å². The van der Waals surface area contributed by atoms with E-state index in [1.165, 1.54) is 11.8 Å². The van der Waals surface area contributed by atoms with E-state index < -0.39 is 6.04 Å². The van der Waals surface area contributed by atoms with Crippen molar-refractivity contribution in [2.45, 2.75) is 63.7 Å². The van der Waals surface area contributed by atoms with Crippen LogP contribution in [0.2, 0.25) is 0 Å². The molecule has 148 valence electrons. The molecule has 0 radical (unpaired) electrons. The maximum absolute atomic E-state index is 12.7. The number of amides is 1. The van der Waals surface area contributed by atoms with Crippen molar-refractivity contribution >= 4 is 28.8 Å². The van der Waals surface area contributed by atoms with Crippen molar-refractivity contribution in [2.75, 3.05) is 6.61 Å². The molecule has 1 N–H and O–H groups in total. The van der Waals surface area contributed by atoms with Gasteiger partial charge in [-0.25, -0.2) is 4.79 Å². The Labute approximate surface area is 165 Å². The highest BCUT2D eigenvalue weighted by Gasteiger charge is 2.33. The molecule has 6 heteroatoms. The maximum Gasteiger partial charge on any atom is 0.328 e. The van der Waals surface area contributed by atoms with Gasteiger partial charge >= 0.3 is 5.97 Å². The van der Waals surface area contributed by atoms with Crippen molar-refractivity contribution in [1.29, 1.82) is 0 Å². The van der Waals surface area contributed by atoms with Crippen LogP contribution < -0.4 is 5.32 Å². The van der Waals surface area contributed by atoms with Crippen LogP contribution in [0, 0.1) is 5.92 Å². The van der Waals surface area contributed by atoms with Crippen LogP contribution in [0.25, 0.3) is 0 Å². The first kappa shape index (κ1) is 21.5. The van der Waals surface area contributed by atoms with Gasteiger partial charge in [0.1, 0.15) is 6.04 Å². The third-order valence-electron chi connectivity index (χ3n) is 4.71. The molecule has 3 atom stereocenters. The van der Waals surface area contributed by atoms with Crippen LogP contribution in [0.1, 0.15) is 51.5 Å². The number of hydrogen-bond acceptors (Lipinski definition) is 5. The molecule has 1 aromatic carbocycles. The summed E-state index contributed by atoms with van der Waals surface area (Å²) >= 11 is 1.31. The molecular formula is C21H29NO4S. The maximum atomic E-state index is 12.7. The van der Waals surface area contributed by atoms with E-state index in [2.05, 4.69) is 5.32 Å². The van der Waals surface area contributed by atoms with E-state index in [4.69, 9.17) is 4.74 Å². The van der Waals surface area contributed by atoms with Gasteiger partial charge in [0.2, 0.25) is 5.91 Å². The number of hydrogen-bond donors (Lipinski definition) is 1. The van der Waals surface area contributed by atoms with Crippen molar-refractivity contribution in [3.63, 3.8) is 0 Å². The average molecular weight is 392 g/mol. The Balaban J connectivity index is 1.96. The number of nitrogens with one attached hydrogen (secondary N) is 1. The minimum Gasteiger partial charge on any atom is -0.464 e. The van der Waals surface area contributed by atoms with Crippen molar-refractivity contribution in [3.05, 3.63) is 35.9 Å². The van der Waals surface area contributed by atoms with E-state index in [-0.39, 0.29) is 28.2 Å². The zero-order valence-electron chi connectivity index (χ0n) is 16.1. The van der Waals surface area contributed by atoms with Gasteiger partial charge in [-0.2, -0.15) is 0 Å². The van der Waals surface area contributed by atoms with Crippen molar-refractivity contribution < 1.29 is 19.1 Å². The lowest BCUT2D eigenvalue weighted by Crippen LogP contribution is -2.45. The molecule has 0 heterocycles. The highest BCUT2D eigenvalue weighted by atomic mass is 32.2. The number of carbonyl (C=O) groups is 3. The summed E-state index contributed by atoms with van der Waals surface area (Å²) in [5.41, 5.74) is 0.978. The zero-order valence-corrected chi connectivity index (χ0v) is 16.9. The van der Waals surface area contributed by atoms with Gasteiger partial charge in [-0.15, -0.1) is 0 Å². The molecule has 1 amide bonds. The molecule has 2 unspecified atom stereocenters. The number of rotatable bonds is 9. The summed E-state index contributed by atoms with van der Waals surface area (Å²) in [6.07, 6.45) is 4.45. The molecule has 0 bridgehead atoms. The fourth-order valence-corrected chi connectivity index (χ4v) is 4.32. The van der Waals surface area contributed by atoms with E-state index in [0.717, 1.165) is 31.2 Å². The van der Waals surface area contributed by atoms with Crippen LogP contribution in [0.5, 0.6) is 0 Å². The second kappa shape index (κ2) is 11.1. The second-order valence-corrected chi connectivity index (χ2v) is 8.49. The summed E-state index contributed by atoms with van der Waals surface area (Å²) in [4.78, 5) is 36.5. The molecular weight excluding hydrogens is 362 g/mol. The molecule has 2 rings (SSSR count). The summed E-state index contributed by atoms with van der Waals surface area (Å²) < 4.78 is 5.35. The summed E-state index contributed by atoms with van der Waals surface area (Å²) in [5.74, 6) is -0.646. The third kappa shape index (κ3) is 7.37. The Morgan fingerprint density at radius 2 is 1.96 bits per heavy atom. The van der Waals surface area contributed by atoms with Gasteiger partial charge in [0.05, 0.1) is 6.61 Å². The van der Waals surface area contributed by atoms with Crippen LogP contribution in [-0.4, -0.2) is 34.9 Å². The standard InChI is InChI=1S/C21H29NO4S/c1-3-4-12-26-21(25)19(13-16-8-6-5-7-9-16)22-20(24)17-10-11-18(14-17)27-15(2)23/h5-9,17-19H,3-4,10-14H2,1-2H3,(H,22,24)/t17?,18?,19-/m0/s1. The fraction of sp³-hybridized carbons (Fsp3) is 0.571. The van der Waals surface area contributed by atoms with Gasteiger partial charge in [0.25, 0.3) is 0 Å². The first-order valence-corrected chi connectivity index (χ1v) is 10.6. The van der Waals surface area contributed by atoms with Crippen molar-refractivity contribution in [2.24, 2.45) is 5.92 Å². The normalized spacial score (nSPS) is 20.1. The number of esters is 1. The topological polar surface area (TPSA) is 72.5 Å². The monoisotopic (exact) mass is 391 g/mol. The lowest BCUT2D eigenvalue weighted by molar-refractivity contribution is -0.148. The summed E-state index contributed by atoms with van der Waals surface area (Å²) in [6.45, 7) is 3.96. The lowest BCUT2D eigenvalue weighted by Gasteiger charge is -2.20. The fourth-order valence-electron chi connectivity index (χ4n) is 3.27. The third-order valence-corrected chi connectivity index (χ3v) is 5.81. The van der Waals surface area contributed by atoms with Gasteiger partial charge in [-0.1, -0.05) is 55.4 Å². The average Bonchev–Trinajstić information content (AvgIpc) is 3.10. The number of thioether (sulfide) groups is 1. The summed E-state index contributed by atoms with van der Waals surface area (Å²) in [7, 11) is 0. The largest absolute Gasteiger partial charge is 0.464 e. The van der Waals surface area contributed by atoms with Gasteiger partial charge < -0.3 is 10.1 Å². The Hall–Kier alpha value is -1.82. The minimum atomic E-state index is -0.684. The minimum absolute atomic E-state index is 0.0857. The molecule has 1 aliphatic rings. The van der Waals surface area contributed by atoms with Gasteiger partial charge in [0, 0.05) is 24.5 Å². The Morgan fingerprint density at radius 3 is 2.63 bits per heavy atom. The van der Waals surface area contributed by atoms with Crippen LogP contribution in [0.3, 0.4) is 0 Å². The Bertz CT molecular complexity index is 634. The molecule has 5 nitrogen and oxygen atoms in total. The molecule has 1 aliphatic carbocycles. The van der Waals surface area contributed by atoms with Crippen LogP contribution in [-0.2, 0) is 25.5 Å². The predicted molar refractivity (Wildman–Crippen MR) is 107 cm³/mol. The van der Waals surface area contributed by atoms with E-state index >= 15 is 0 Å². The lowest BCUT2D eigenvalue weighted by atomic mass is 10.0. The molecule has 0 aromatic heterocycles. The van der Waals surface area contributed by atoms with Gasteiger partial charge in [-0.05, 0) is 31.2 Å². The van der Waals surface area contributed by atoms with E-state index in [1.807, 2.05) is 37.3 Å². The highest BCUT2D eigenvalue weighted by Crippen LogP contribution is 2.34. The zero-order chi connectivity index (χ0) is 19.6. The van der Waals surface area contributed by atoms with Crippen LogP contribution >= 0.6 is 11.8 Å². The number of benzene rings is 1. The predicted octanol–water partition coefficient (Wildman–Crippen LogP) is 3.51. The Morgan fingerprint density at radius 1 is 1.22 bits per heavy atom.